The summed E-state index contributed by atoms with van der Waals surface area (Å²) in [5.41, 5.74) is -8.77. The molecule has 0 radical (unpaired) electrons. The number of hydrogen-bond acceptors (Lipinski definition) is 4. The van der Waals surface area contributed by atoms with Gasteiger partial charge in [-0.1, -0.05) is 6.58 Å². The van der Waals surface area contributed by atoms with Crippen LogP contribution in [0.3, 0.4) is 0 Å². The Balaban J connectivity index is 6.03. The van der Waals surface area contributed by atoms with Crippen LogP contribution in [0.2, 0.25) is 0 Å². The lowest BCUT2D eigenvalue weighted by Crippen LogP contribution is -2.75. The summed E-state index contributed by atoms with van der Waals surface area (Å²) in [6.45, 7) is 0.390. The van der Waals surface area contributed by atoms with Gasteiger partial charge in [0.1, 0.15) is 12.7 Å². The zero-order chi connectivity index (χ0) is 27.1. The van der Waals surface area contributed by atoms with Gasteiger partial charge in [0.15, 0.2) is 0 Å². The molecule has 0 aliphatic rings. The number of carbonyl (C=O) groups excluding carboxylic acids is 1. The number of aliphatic hydroxyl groups is 1. The molecule has 1 N–H and O–H groups in total. The van der Waals surface area contributed by atoms with Crippen molar-refractivity contribution in [2.75, 3.05) is 13.2 Å². The minimum absolute atomic E-state index is 0.356. The summed E-state index contributed by atoms with van der Waals surface area (Å²) in [5.74, 6) is -26.2. The second-order valence-electron chi connectivity index (χ2n) is 6.24. The van der Waals surface area contributed by atoms with Crippen LogP contribution in [0.1, 0.15) is 6.92 Å². The van der Waals surface area contributed by atoms with Crippen molar-refractivity contribution < 1.29 is 85.2 Å². The largest absolute Gasteiger partial charge is 0.460 e. The highest BCUT2D eigenvalue weighted by molar-refractivity contribution is 5.86. The van der Waals surface area contributed by atoms with Crippen LogP contribution in [0, 0.1) is 0 Å². The Labute approximate surface area is 172 Å². The van der Waals surface area contributed by atoms with Gasteiger partial charge in [0.2, 0.25) is 0 Å². The molecule has 0 amide bonds. The summed E-state index contributed by atoms with van der Waals surface area (Å²) in [6.07, 6.45) is -25.7. The van der Waals surface area contributed by atoms with Crippen molar-refractivity contribution >= 4 is 5.97 Å². The number of esters is 1. The number of carbonyl (C=O) groups is 1. The minimum Gasteiger partial charge on any atom is -0.460 e. The first-order chi connectivity index (χ1) is 14.2. The molecule has 1 unspecified atom stereocenters. The Morgan fingerprint density at radius 1 is 0.758 bits per heavy atom. The molecule has 0 aliphatic carbocycles. The maximum absolute atomic E-state index is 13.5. The van der Waals surface area contributed by atoms with Crippen LogP contribution in [0.5, 0.6) is 0 Å². The molecular weight excluding hydrogens is 517 g/mol. The van der Waals surface area contributed by atoms with E-state index in [1.165, 1.54) is 0 Å². The number of aliphatic hydroxyl groups excluding tert-OH is 1. The van der Waals surface area contributed by atoms with Crippen molar-refractivity contribution in [3.63, 3.8) is 0 Å². The molecule has 4 nitrogen and oxygen atoms in total. The third-order valence-electron chi connectivity index (χ3n) is 3.58. The van der Waals surface area contributed by atoms with Crippen molar-refractivity contribution in [1.29, 1.82) is 0 Å². The quantitative estimate of drug-likeness (QED) is 0.251. The van der Waals surface area contributed by atoms with E-state index in [9.17, 15) is 70.7 Å². The van der Waals surface area contributed by atoms with E-state index in [0.29, 0.717) is 0 Å². The van der Waals surface area contributed by atoms with Crippen molar-refractivity contribution in [2.24, 2.45) is 0 Å². The Hall–Kier alpha value is -1.92. The topological polar surface area (TPSA) is 55.8 Å². The molecule has 0 spiro atoms. The Morgan fingerprint density at radius 2 is 1.15 bits per heavy atom. The van der Waals surface area contributed by atoms with Gasteiger partial charge in [-0.2, -0.15) is 61.5 Å². The predicted octanol–water partition coefficient (Wildman–Crippen LogP) is 4.81. The van der Waals surface area contributed by atoms with Crippen LogP contribution in [-0.2, 0) is 14.3 Å². The van der Waals surface area contributed by atoms with Crippen molar-refractivity contribution in [3.05, 3.63) is 12.2 Å². The number of alkyl halides is 15. The molecule has 0 rings (SSSR count). The molecule has 196 valence electrons. The van der Waals surface area contributed by atoms with E-state index in [4.69, 9.17) is 5.11 Å². The van der Waals surface area contributed by atoms with Gasteiger partial charge in [-0.05, 0) is 6.92 Å². The van der Waals surface area contributed by atoms with Crippen molar-refractivity contribution in [3.8, 4) is 0 Å². The van der Waals surface area contributed by atoms with Gasteiger partial charge in [0.25, 0.3) is 0 Å². The van der Waals surface area contributed by atoms with Gasteiger partial charge in [0.05, 0.1) is 6.61 Å². The highest BCUT2D eigenvalue weighted by atomic mass is 19.4. The zero-order valence-electron chi connectivity index (χ0n) is 15.5. The molecule has 0 bridgehead atoms. The minimum atomic E-state index is -8.57. The van der Waals surface area contributed by atoms with E-state index in [-0.39, 0.29) is 5.57 Å². The van der Waals surface area contributed by atoms with Crippen molar-refractivity contribution in [2.45, 2.75) is 54.9 Å². The van der Waals surface area contributed by atoms with Crippen LogP contribution >= 0.6 is 0 Å². The van der Waals surface area contributed by atoms with Gasteiger partial charge in [-0.15, -0.1) is 0 Å². The average Bonchev–Trinajstić information content (AvgIpc) is 2.60. The van der Waals surface area contributed by atoms with Crippen LogP contribution in [-0.4, -0.2) is 72.3 Å². The fourth-order valence-electron chi connectivity index (χ4n) is 1.75. The number of rotatable bonds is 10. The SMILES string of the molecule is C=C(C)C(=O)OCC(O)COC(F)(F)C(F)(F)C(F)(F)C(F)(F)C(F)(C(F)(F)F)C(F)(F)F. The van der Waals surface area contributed by atoms with E-state index in [1.807, 2.05) is 0 Å². The second-order valence-corrected chi connectivity index (χ2v) is 6.24. The highest BCUT2D eigenvalue weighted by Gasteiger charge is 2.96. The van der Waals surface area contributed by atoms with Gasteiger partial charge in [-0.25, -0.2) is 9.18 Å². The molecule has 0 aromatic heterocycles. The van der Waals surface area contributed by atoms with Gasteiger partial charge in [-0.3, -0.25) is 0 Å². The summed E-state index contributed by atoms with van der Waals surface area (Å²) in [7, 11) is 0. The predicted molar refractivity (Wildman–Crippen MR) is 73.5 cm³/mol. The third kappa shape index (κ3) is 5.27. The van der Waals surface area contributed by atoms with Gasteiger partial charge < -0.3 is 14.6 Å². The molecular formula is C14H11F15O4. The van der Waals surface area contributed by atoms with E-state index in [2.05, 4.69) is 16.1 Å². The third-order valence-corrected chi connectivity index (χ3v) is 3.58. The van der Waals surface area contributed by atoms with E-state index >= 15 is 0 Å². The molecule has 33 heavy (non-hydrogen) atoms. The first-order valence-electron chi connectivity index (χ1n) is 7.70. The summed E-state index contributed by atoms with van der Waals surface area (Å²) in [4.78, 5) is 11.0. The van der Waals surface area contributed by atoms with Gasteiger partial charge in [0, 0.05) is 5.57 Å². The molecule has 0 aromatic carbocycles. The number of hydrogen-bond donors (Lipinski definition) is 1. The monoisotopic (exact) mass is 528 g/mol. The summed E-state index contributed by atoms with van der Waals surface area (Å²) >= 11 is 0. The van der Waals surface area contributed by atoms with E-state index in [1.54, 1.807) is 0 Å². The van der Waals surface area contributed by atoms with Gasteiger partial charge >= 0.3 is 47.9 Å². The van der Waals surface area contributed by atoms with Crippen LogP contribution < -0.4 is 0 Å². The molecule has 19 heteroatoms. The van der Waals surface area contributed by atoms with Crippen molar-refractivity contribution in [1.82, 2.24) is 0 Å². The molecule has 0 saturated heterocycles. The summed E-state index contributed by atoms with van der Waals surface area (Å²) in [6, 6.07) is 0. The Bertz CT molecular complexity index is 711. The normalized spacial score (nSPS) is 15.9. The smallest absolute Gasteiger partial charge is 0.438 e. The second kappa shape index (κ2) is 9.03. The fourth-order valence-corrected chi connectivity index (χ4v) is 1.75. The molecule has 0 heterocycles. The van der Waals surface area contributed by atoms with Crippen LogP contribution in [0.25, 0.3) is 0 Å². The lowest BCUT2D eigenvalue weighted by atomic mass is 9.87. The molecule has 0 aliphatic heterocycles. The van der Waals surface area contributed by atoms with E-state index in [0.717, 1.165) is 6.92 Å². The maximum Gasteiger partial charge on any atom is 0.438 e. The van der Waals surface area contributed by atoms with Crippen LogP contribution in [0.4, 0.5) is 65.9 Å². The lowest BCUT2D eigenvalue weighted by molar-refractivity contribution is -0.476. The number of ether oxygens (including phenoxy) is 2. The average molecular weight is 528 g/mol. The molecule has 0 saturated carbocycles. The highest BCUT2D eigenvalue weighted by Crippen LogP contribution is 2.63. The summed E-state index contributed by atoms with van der Waals surface area (Å²) < 4.78 is 202. The Morgan fingerprint density at radius 3 is 1.48 bits per heavy atom. The first kappa shape index (κ1) is 31.1. The summed E-state index contributed by atoms with van der Waals surface area (Å²) in [5, 5.41) is 9.11. The molecule has 0 fully saturated rings. The molecule has 0 aromatic rings. The van der Waals surface area contributed by atoms with E-state index < -0.39 is 67.2 Å². The maximum atomic E-state index is 13.5. The zero-order valence-corrected chi connectivity index (χ0v) is 15.5. The Kier molecular flexibility index (Phi) is 8.50. The standard InChI is InChI=1S/C14H11F15O4/c1-5(2)7(31)32-3-6(30)4-33-14(28,29)11(20,21)10(18,19)9(16,17)8(15,12(22,23)24)13(25,26)27/h6,30H,1,3-4H2,2H3. The first-order valence-corrected chi connectivity index (χ1v) is 7.70. The lowest BCUT2D eigenvalue weighted by Gasteiger charge is -2.42. The number of halogens is 15. The molecule has 1 atom stereocenters. The van der Waals surface area contributed by atoms with Crippen LogP contribution in [0.15, 0.2) is 12.2 Å². The fraction of sp³-hybridized carbons (Fsp3) is 0.786.